The molecule has 0 aliphatic carbocycles. The highest BCUT2D eigenvalue weighted by Crippen LogP contribution is 2.28. The van der Waals surface area contributed by atoms with E-state index < -0.39 is 0 Å². The first kappa shape index (κ1) is 15.5. The Morgan fingerprint density at radius 1 is 1.16 bits per heavy atom. The van der Waals surface area contributed by atoms with Gasteiger partial charge in [-0.1, -0.05) is 30.3 Å². The second-order valence-electron chi connectivity index (χ2n) is 6.35. The zero-order valence-corrected chi connectivity index (χ0v) is 13.8. The van der Waals surface area contributed by atoms with E-state index in [1.54, 1.807) is 0 Å². The van der Waals surface area contributed by atoms with Crippen molar-refractivity contribution in [2.45, 2.75) is 18.8 Å². The van der Waals surface area contributed by atoms with Gasteiger partial charge in [-0.3, -0.25) is 4.79 Å². The first-order valence-electron chi connectivity index (χ1n) is 8.39. The third kappa shape index (κ3) is 3.15. The fourth-order valence-corrected chi connectivity index (χ4v) is 3.31. The lowest BCUT2D eigenvalue weighted by atomic mass is 10.0. The summed E-state index contributed by atoms with van der Waals surface area (Å²) >= 11 is 0. The van der Waals surface area contributed by atoms with Crippen molar-refractivity contribution in [3.05, 3.63) is 60.0 Å². The second-order valence-corrected chi connectivity index (χ2v) is 6.35. The second kappa shape index (κ2) is 6.47. The summed E-state index contributed by atoms with van der Waals surface area (Å²) in [5.74, 6) is 0.844. The Morgan fingerprint density at radius 2 is 2.00 bits per heavy atom. The molecule has 1 amide bonds. The molecule has 6 nitrogen and oxygen atoms in total. The van der Waals surface area contributed by atoms with Crippen LogP contribution < -0.4 is 5.73 Å². The van der Waals surface area contributed by atoms with Gasteiger partial charge in [0, 0.05) is 24.7 Å². The van der Waals surface area contributed by atoms with Crippen LogP contribution in [0.2, 0.25) is 0 Å². The van der Waals surface area contributed by atoms with Crippen molar-refractivity contribution in [1.29, 1.82) is 0 Å². The Bertz CT molecular complexity index is 912. The van der Waals surface area contributed by atoms with Crippen molar-refractivity contribution in [3.8, 4) is 0 Å². The molecule has 1 aliphatic heterocycles. The molecule has 1 saturated heterocycles. The van der Waals surface area contributed by atoms with Gasteiger partial charge in [0.05, 0.1) is 11.8 Å². The Labute approximate surface area is 145 Å². The first-order chi connectivity index (χ1) is 12.2. The summed E-state index contributed by atoms with van der Waals surface area (Å²) in [4.78, 5) is 27.3. The van der Waals surface area contributed by atoms with Crippen LogP contribution in [-0.2, 0) is 11.2 Å². The van der Waals surface area contributed by atoms with E-state index >= 15 is 0 Å². The molecule has 126 valence electrons. The number of hydrogen-bond acceptors (Lipinski definition) is 5. The summed E-state index contributed by atoms with van der Waals surface area (Å²) in [6, 6.07) is 13.7. The Balaban J connectivity index is 1.48. The number of nitrogens with zero attached hydrogens (tertiary/aromatic N) is 4. The molecule has 1 aromatic carbocycles. The summed E-state index contributed by atoms with van der Waals surface area (Å²) in [7, 11) is 0. The fourth-order valence-electron chi connectivity index (χ4n) is 3.31. The third-order valence-electron chi connectivity index (χ3n) is 4.71. The number of aromatic nitrogens is 3. The highest BCUT2D eigenvalue weighted by Gasteiger charge is 2.28. The van der Waals surface area contributed by atoms with E-state index in [0.717, 1.165) is 29.6 Å². The van der Waals surface area contributed by atoms with Gasteiger partial charge in [0.25, 0.3) is 0 Å². The summed E-state index contributed by atoms with van der Waals surface area (Å²) in [6.07, 6.45) is 2.79. The smallest absolute Gasteiger partial charge is 0.227 e. The van der Waals surface area contributed by atoms with Crippen LogP contribution in [-0.4, -0.2) is 38.8 Å². The zero-order chi connectivity index (χ0) is 17.2. The van der Waals surface area contributed by atoms with E-state index in [1.807, 2.05) is 47.4 Å². The number of nitrogen functional groups attached to an aromatic ring is 1. The molecule has 0 bridgehead atoms. The van der Waals surface area contributed by atoms with Crippen molar-refractivity contribution < 1.29 is 4.79 Å². The number of hydrogen-bond donors (Lipinski definition) is 1. The maximum Gasteiger partial charge on any atom is 0.227 e. The Kier molecular flexibility index (Phi) is 4.01. The minimum atomic E-state index is 0.168. The van der Waals surface area contributed by atoms with Crippen molar-refractivity contribution in [2.24, 2.45) is 0 Å². The number of benzene rings is 1. The van der Waals surface area contributed by atoms with Crippen molar-refractivity contribution >= 4 is 22.8 Å². The number of nitrogens with two attached hydrogens (primary N) is 1. The lowest BCUT2D eigenvalue weighted by Crippen LogP contribution is -2.29. The predicted octanol–water partition coefficient (Wildman–Crippen LogP) is 2.17. The van der Waals surface area contributed by atoms with Crippen LogP contribution in [0.25, 0.3) is 11.0 Å². The molecule has 0 unspecified atom stereocenters. The van der Waals surface area contributed by atoms with Crippen molar-refractivity contribution in [1.82, 2.24) is 19.9 Å². The minimum Gasteiger partial charge on any atom is -0.383 e. The summed E-state index contributed by atoms with van der Waals surface area (Å²) in [6.45, 7) is 1.46. The van der Waals surface area contributed by atoms with Gasteiger partial charge < -0.3 is 10.6 Å². The third-order valence-corrected chi connectivity index (χ3v) is 4.71. The fraction of sp³-hybridized carbons (Fsp3) is 0.263. The largest absolute Gasteiger partial charge is 0.383 e. The van der Waals surface area contributed by atoms with Crippen LogP contribution in [0.3, 0.4) is 0 Å². The van der Waals surface area contributed by atoms with Gasteiger partial charge >= 0.3 is 0 Å². The molecular formula is C19H19N5O. The van der Waals surface area contributed by atoms with E-state index in [2.05, 4.69) is 15.0 Å². The lowest BCUT2D eigenvalue weighted by Gasteiger charge is -2.16. The van der Waals surface area contributed by atoms with Crippen LogP contribution in [0.4, 0.5) is 5.82 Å². The van der Waals surface area contributed by atoms with Crippen LogP contribution in [0.15, 0.2) is 48.8 Å². The average molecular weight is 333 g/mol. The van der Waals surface area contributed by atoms with Crippen molar-refractivity contribution in [3.63, 3.8) is 0 Å². The standard InChI is InChI=1S/C19H19N5O/c20-18-15-6-7-16(23-19(15)22-12-21-18)14-8-9-24(11-14)17(25)10-13-4-2-1-3-5-13/h1-7,12,14H,8-11H2,(H2,20,21,22,23)/t14-/m0/s1. The topological polar surface area (TPSA) is 85.0 Å². The quantitative estimate of drug-likeness (QED) is 0.794. The molecule has 1 fully saturated rings. The number of amides is 1. The molecule has 3 aromatic rings. The number of anilines is 1. The lowest BCUT2D eigenvalue weighted by molar-refractivity contribution is -0.129. The first-order valence-corrected chi connectivity index (χ1v) is 8.39. The molecule has 1 aliphatic rings. The molecule has 4 rings (SSSR count). The minimum absolute atomic E-state index is 0.168. The number of carbonyl (C=O) groups is 1. The van der Waals surface area contributed by atoms with Gasteiger partial charge in [0.15, 0.2) is 5.65 Å². The number of likely N-dealkylation sites (tertiary alicyclic amines) is 1. The Hall–Kier alpha value is -3.02. The number of carbonyl (C=O) groups excluding carboxylic acids is 1. The van der Waals surface area contributed by atoms with Gasteiger partial charge in [-0.15, -0.1) is 0 Å². The Morgan fingerprint density at radius 3 is 2.84 bits per heavy atom. The van der Waals surface area contributed by atoms with Gasteiger partial charge in [-0.25, -0.2) is 15.0 Å². The number of rotatable bonds is 3. The van der Waals surface area contributed by atoms with Gasteiger partial charge in [0.1, 0.15) is 12.1 Å². The van der Waals surface area contributed by atoms with E-state index in [-0.39, 0.29) is 11.8 Å². The van der Waals surface area contributed by atoms with Gasteiger partial charge in [-0.2, -0.15) is 0 Å². The molecule has 6 heteroatoms. The highest BCUT2D eigenvalue weighted by molar-refractivity contribution is 5.84. The van der Waals surface area contributed by atoms with E-state index in [9.17, 15) is 4.79 Å². The van der Waals surface area contributed by atoms with Crippen LogP contribution >= 0.6 is 0 Å². The van der Waals surface area contributed by atoms with Crippen LogP contribution in [0.1, 0.15) is 23.6 Å². The summed E-state index contributed by atoms with van der Waals surface area (Å²) in [5.41, 5.74) is 8.47. The predicted molar refractivity (Wildman–Crippen MR) is 95.8 cm³/mol. The monoisotopic (exact) mass is 333 g/mol. The average Bonchev–Trinajstić information content (AvgIpc) is 3.13. The number of pyridine rings is 1. The molecule has 0 spiro atoms. The maximum absolute atomic E-state index is 12.5. The van der Waals surface area contributed by atoms with Gasteiger partial charge in [-0.05, 0) is 24.1 Å². The summed E-state index contributed by atoms with van der Waals surface area (Å²) < 4.78 is 0. The zero-order valence-electron chi connectivity index (χ0n) is 13.8. The maximum atomic E-state index is 12.5. The van der Waals surface area contributed by atoms with E-state index in [4.69, 9.17) is 5.73 Å². The van der Waals surface area contributed by atoms with E-state index in [1.165, 1.54) is 6.33 Å². The SMILES string of the molecule is Nc1ncnc2nc([C@H]3CCN(C(=O)Cc4ccccc4)C3)ccc12. The highest BCUT2D eigenvalue weighted by atomic mass is 16.2. The molecule has 2 aromatic heterocycles. The molecular weight excluding hydrogens is 314 g/mol. The van der Waals surface area contributed by atoms with Crippen LogP contribution in [0, 0.1) is 0 Å². The molecule has 0 radical (unpaired) electrons. The molecule has 3 heterocycles. The van der Waals surface area contributed by atoms with E-state index in [0.29, 0.717) is 24.4 Å². The molecule has 25 heavy (non-hydrogen) atoms. The summed E-state index contributed by atoms with van der Waals surface area (Å²) in [5, 5.41) is 0.765. The molecule has 1 atom stereocenters. The normalized spacial score (nSPS) is 17.1. The molecule has 2 N–H and O–H groups in total. The molecule has 0 saturated carbocycles. The van der Waals surface area contributed by atoms with Crippen molar-refractivity contribution in [2.75, 3.05) is 18.8 Å². The van der Waals surface area contributed by atoms with Crippen LogP contribution in [0.5, 0.6) is 0 Å². The van der Waals surface area contributed by atoms with Gasteiger partial charge in [0.2, 0.25) is 5.91 Å². The number of fused-ring (bicyclic) bond motifs is 1.